The summed E-state index contributed by atoms with van der Waals surface area (Å²) < 4.78 is 5.72. The van der Waals surface area contributed by atoms with Gasteiger partial charge in [0.2, 0.25) is 5.91 Å². The normalized spacial score (nSPS) is 14.8. The zero-order valence-electron chi connectivity index (χ0n) is 16.5. The summed E-state index contributed by atoms with van der Waals surface area (Å²) >= 11 is 0. The summed E-state index contributed by atoms with van der Waals surface area (Å²) in [4.78, 5) is 20.1. The van der Waals surface area contributed by atoms with Crippen LogP contribution in [0.25, 0.3) is 10.9 Å². The zero-order chi connectivity index (χ0) is 19.5. The van der Waals surface area contributed by atoms with Crippen LogP contribution in [0.5, 0.6) is 5.75 Å². The van der Waals surface area contributed by atoms with Crippen LogP contribution in [0.1, 0.15) is 49.0 Å². The minimum absolute atomic E-state index is 0.0327. The fourth-order valence-corrected chi connectivity index (χ4v) is 3.37. The van der Waals surface area contributed by atoms with Gasteiger partial charge in [0.15, 0.2) is 0 Å². The minimum atomic E-state index is -0.129. The molecule has 1 aliphatic carbocycles. The highest BCUT2D eigenvalue weighted by Gasteiger charge is 2.22. The number of fused-ring (bicyclic) bond motifs is 1. The van der Waals surface area contributed by atoms with Crippen LogP contribution in [0.3, 0.4) is 0 Å². The Labute approximate surface area is 165 Å². The van der Waals surface area contributed by atoms with Crippen molar-refractivity contribution < 1.29 is 9.53 Å². The molecule has 1 unspecified atom stereocenters. The SMILES string of the molecule is Cc1ccc2[nH]cc(CCC(=O)NC(C)c3ccc(OCC4CC4)cn3)c2c1. The summed E-state index contributed by atoms with van der Waals surface area (Å²) in [6.45, 7) is 4.82. The number of hydrogen-bond acceptors (Lipinski definition) is 3. The number of benzene rings is 1. The van der Waals surface area contributed by atoms with Gasteiger partial charge >= 0.3 is 0 Å². The number of aryl methyl sites for hydroxylation is 2. The van der Waals surface area contributed by atoms with E-state index in [0.29, 0.717) is 12.8 Å². The monoisotopic (exact) mass is 377 g/mol. The van der Waals surface area contributed by atoms with Gasteiger partial charge in [-0.25, -0.2) is 0 Å². The number of nitrogens with zero attached hydrogens (tertiary/aromatic N) is 1. The first-order valence-corrected chi connectivity index (χ1v) is 10.0. The van der Waals surface area contributed by atoms with Gasteiger partial charge in [0, 0.05) is 23.5 Å². The van der Waals surface area contributed by atoms with E-state index in [1.54, 1.807) is 6.20 Å². The van der Waals surface area contributed by atoms with Crippen LogP contribution in [0, 0.1) is 12.8 Å². The molecule has 2 aromatic heterocycles. The fourth-order valence-electron chi connectivity index (χ4n) is 3.37. The number of rotatable bonds is 8. The lowest BCUT2D eigenvalue weighted by Gasteiger charge is -2.14. The molecule has 0 aliphatic heterocycles. The molecule has 2 N–H and O–H groups in total. The number of nitrogens with one attached hydrogen (secondary N) is 2. The average molecular weight is 377 g/mol. The smallest absolute Gasteiger partial charge is 0.220 e. The number of carbonyl (C=O) groups excluding carboxylic acids is 1. The van der Waals surface area contributed by atoms with E-state index < -0.39 is 0 Å². The van der Waals surface area contributed by atoms with Crippen molar-refractivity contribution >= 4 is 16.8 Å². The van der Waals surface area contributed by atoms with Gasteiger partial charge in [-0.05, 0) is 68.9 Å². The van der Waals surface area contributed by atoms with Gasteiger partial charge < -0.3 is 15.0 Å². The second-order valence-electron chi connectivity index (χ2n) is 7.83. The van der Waals surface area contributed by atoms with Crippen molar-refractivity contribution in [3.8, 4) is 5.75 Å². The first-order chi connectivity index (χ1) is 13.6. The van der Waals surface area contributed by atoms with E-state index in [9.17, 15) is 4.79 Å². The molecule has 0 bridgehead atoms. The number of amides is 1. The Hall–Kier alpha value is -2.82. The Morgan fingerprint density at radius 3 is 2.93 bits per heavy atom. The van der Waals surface area contributed by atoms with Gasteiger partial charge in [0.25, 0.3) is 0 Å². The third-order valence-corrected chi connectivity index (χ3v) is 5.31. The summed E-state index contributed by atoms with van der Waals surface area (Å²) in [5.41, 5.74) is 4.36. The molecule has 3 aromatic rings. The molecule has 1 aromatic carbocycles. The molecular weight excluding hydrogens is 350 g/mol. The van der Waals surface area contributed by atoms with Crippen molar-refractivity contribution in [2.75, 3.05) is 6.61 Å². The lowest BCUT2D eigenvalue weighted by molar-refractivity contribution is -0.121. The van der Waals surface area contributed by atoms with Crippen LogP contribution < -0.4 is 10.1 Å². The largest absolute Gasteiger partial charge is 0.492 e. The number of carbonyl (C=O) groups is 1. The molecule has 4 rings (SSSR count). The Morgan fingerprint density at radius 1 is 1.32 bits per heavy atom. The quantitative estimate of drug-likeness (QED) is 0.609. The lowest BCUT2D eigenvalue weighted by atomic mass is 10.1. The van der Waals surface area contributed by atoms with Crippen LogP contribution in [0.4, 0.5) is 0 Å². The number of aromatic nitrogens is 2. The van der Waals surface area contributed by atoms with Crippen molar-refractivity contribution in [1.29, 1.82) is 0 Å². The highest BCUT2D eigenvalue weighted by atomic mass is 16.5. The van der Waals surface area contributed by atoms with Crippen molar-refractivity contribution in [2.24, 2.45) is 5.92 Å². The molecule has 0 radical (unpaired) electrons. The molecule has 1 saturated carbocycles. The first kappa shape index (κ1) is 18.5. The van der Waals surface area contributed by atoms with Gasteiger partial charge in [-0.15, -0.1) is 0 Å². The van der Waals surface area contributed by atoms with Gasteiger partial charge in [-0.2, -0.15) is 0 Å². The van der Waals surface area contributed by atoms with E-state index in [1.165, 1.54) is 29.4 Å². The van der Waals surface area contributed by atoms with E-state index in [0.717, 1.165) is 29.5 Å². The average Bonchev–Trinajstić information content (AvgIpc) is 3.44. The van der Waals surface area contributed by atoms with Gasteiger partial charge in [0.1, 0.15) is 5.75 Å². The summed E-state index contributed by atoms with van der Waals surface area (Å²) in [6.07, 6.45) is 7.45. The molecule has 1 fully saturated rings. The van der Waals surface area contributed by atoms with Gasteiger partial charge in [0.05, 0.1) is 24.5 Å². The molecule has 146 valence electrons. The Morgan fingerprint density at radius 2 is 2.18 bits per heavy atom. The number of aromatic amines is 1. The molecule has 0 spiro atoms. The summed E-state index contributed by atoms with van der Waals surface area (Å²) in [6, 6.07) is 10.1. The van der Waals surface area contributed by atoms with E-state index >= 15 is 0 Å². The zero-order valence-corrected chi connectivity index (χ0v) is 16.5. The van der Waals surface area contributed by atoms with Crippen LogP contribution in [0.15, 0.2) is 42.7 Å². The van der Waals surface area contributed by atoms with Crippen LogP contribution in [-0.4, -0.2) is 22.5 Å². The molecule has 5 nitrogen and oxygen atoms in total. The van der Waals surface area contributed by atoms with E-state index in [1.807, 2.05) is 25.3 Å². The molecule has 0 saturated heterocycles. The summed E-state index contributed by atoms with van der Waals surface area (Å²) in [5.74, 6) is 1.55. The van der Waals surface area contributed by atoms with Gasteiger partial charge in [-0.3, -0.25) is 9.78 Å². The van der Waals surface area contributed by atoms with Crippen molar-refractivity contribution in [3.63, 3.8) is 0 Å². The number of hydrogen-bond donors (Lipinski definition) is 2. The highest BCUT2D eigenvalue weighted by molar-refractivity contribution is 5.85. The lowest BCUT2D eigenvalue weighted by Crippen LogP contribution is -2.27. The Balaban J connectivity index is 1.29. The predicted octanol–water partition coefficient (Wildman–Crippen LogP) is 4.47. The summed E-state index contributed by atoms with van der Waals surface area (Å²) in [5, 5.41) is 4.24. The van der Waals surface area contributed by atoms with Crippen molar-refractivity contribution in [1.82, 2.24) is 15.3 Å². The van der Waals surface area contributed by atoms with Crippen LogP contribution in [0.2, 0.25) is 0 Å². The van der Waals surface area contributed by atoms with Crippen molar-refractivity contribution in [3.05, 3.63) is 59.5 Å². The van der Waals surface area contributed by atoms with Crippen LogP contribution in [-0.2, 0) is 11.2 Å². The second-order valence-corrected chi connectivity index (χ2v) is 7.83. The maximum atomic E-state index is 12.4. The Bertz CT molecular complexity index is 958. The molecule has 28 heavy (non-hydrogen) atoms. The number of H-pyrrole nitrogens is 1. The fraction of sp³-hybridized carbons (Fsp3) is 0.391. The third-order valence-electron chi connectivity index (χ3n) is 5.31. The maximum absolute atomic E-state index is 12.4. The minimum Gasteiger partial charge on any atom is -0.492 e. The van der Waals surface area contributed by atoms with E-state index in [4.69, 9.17) is 4.74 Å². The molecule has 5 heteroatoms. The van der Waals surface area contributed by atoms with Gasteiger partial charge in [-0.1, -0.05) is 11.6 Å². The number of pyridine rings is 1. The topological polar surface area (TPSA) is 67.0 Å². The maximum Gasteiger partial charge on any atom is 0.220 e. The summed E-state index contributed by atoms with van der Waals surface area (Å²) in [7, 11) is 0. The van der Waals surface area contributed by atoms with E-state index in [-0.39, 0.29) is 11.9 Å². The molecule has 1 aliphatic rings. The Kier molecular flexibility index (Phi) is 5.33. The standard InChI is InChI=1S/C23H27N3O2/c1-15-3-8-22-20(11-15)18(12-24-22)6-10-23(27)26-16(2)21-9-7-19(13-25-21)28-14-17-4-5-17/h3,7-9,11-13,16-17,24H,4-6,10,14H2,1-2H3,(H,26,27). The molecule has 1 amide bonds. The first-order valence-electron chi connectivity index (χ1n) is 10.0. The molecule has 1 atom stereocenters. The van der Waals surface area contributed by atoms with E-state index in [2.05, 4.69) is 40.4 Å². The predicted molar refractivity (Wildman–Crippen MR) is 110 cm³/mol. The third kappa shape index (κ3) is 4.53. The molecular formula is C23H27N3O2. The highest BCUT2D eigenvalue weighted by Crippen LogP contribution is 2.29. The molecule has 2 heterocycles. The second kappa shape index (κ2) is 8.05. The van der Waals surface area contributed by atoms with Crippen LogP contribution >= 0.6 is 0 Å². The van der Waals surface area contributed by atoms with Crippen molar-refractivity contribution in [2.45, 2.75) is 45.6 Å². The number of ether oxygens (including phenoxy) is 1.